The Morgan fingerprint density at radius 2 is 1.90 bits per heavy atom. The number of allylic oxidation sites excluding steroid dienone is 1. The summed E-state index contributed by atoms with van der Waals surface area (Å²) in [4.78, 5) is 11.5. The van der Waals surface area contributed by atoms with Crippen molar-refractivity contribution in [1.82, 2.24) is 5.32 Å². The van der Waals surface area contributed by atoms with Crippen LogP contribution in [0.3, 0.4) is 0 Å². The minimum Gasteiger partial charge on any atom is -0.378 e. The Hall–Kier alpha value is -2.15. The van der Waals surface area contributed by atoms with Crippen molar-refractivity contribution in [2.24, 2.45) is 11.8 Å². The van der Waals surface area contributed by atoms with Crippen molar-refractivity contribution < 1.29 is 14.3 Å². The number of fused-ring (bicyclic) bond motifs is 2. The zero-order chi connectivity index (χ0) is 20.8. The van der Waals surface area contributed by atoms with Crippen LogP contribution in [0.2, 0.25) is 0 Å². The smallest absolute Gasteiger partial charge is 0.246 e. The number of nitrogens with one attached hydrogen (secondary N) is 1. The summed E-state index contributed by atoms with van der Waals surface area (Å²) < 4.78 is 12.5. The standard InChI is InChI=1S/C23H31N3O3/c1-15(2)23(27)26-10-5-11-28-17-8-9-19-21(12-17)29-20-7-4-3-6-18(20)22(19)16(13-24)14-25/h17-21H,1,3-12H2,2H3,(H,26,27). The highest BCUT2D eigenvalue weighted by Crippen LogP contribution is 2.48. The maximum Gasteiger partial charge on any atom is 0.246 e. The molecule has 1 heterocycles. The Morgan fingerprint density at radius 3 is 2.62 bits per heavy atom. The van der Waals surface area contributed by atoms with Gasteiger partial charge in [-0.3, -0.25) is 4.79 Å². The Kier molecular flexibility index (Phi) is 7.47. The van der Waals surface area contributed by atoms with E-state index < -0.39 is 0 Å². The number of nitriles is 2. The summed E-state index contributed by atoms with van der Waals surface area (Å²) in [6, 6.07) is 4.31. The molecule has 156 valence electrons. The van der Waals surface area contributed by atoms with Gasteiger partial charge < -0.3 is 14.8 Å². The number of amides is 1. The summed E-state index contributed by atoms with van der Waals surface area (Å²) in [5.41, 5.74) is 1.89. The summed E-state index contributed by atoms with van der Waals surface area (Å²) in [5, 5.41) is 21.9. The Bertz CT molecular complexity index is 729. The van der Waals surface area contributed by atoms with E-state index in [4.69, 9.17) is 9.47 Å². The number of ether oxygens (including phenoxy) is 2. The SMILES string of the molecule is C=C(C)C(=O)NCCCOC1CCC2C(=C(C#N)C#N)C3CCCCC3OC2C1. The molecule has 1 aliphatic heterocycles. The van der Waals surface area contributed by atoms with Gasteiger partial charge in [-0.05, 0) is 44.6 Å². The quantitative estimate of drug-likeness (QED) is 0.420. The first-order chi connectivity index (χ1) is 14.0. The van der Waals surface area contributed by atoms with Gasteiger partial charge in [0.15, 0.2) is 0 Å². The number of rotatable bonds is 6. The molecule has 5 unspecified atom stereocenters. The minimum absolute atomic E-state index is 0.0305. The zero-order valence-electron chi connectivity index (χ0n) is 17.3. The van der Waals surface area contributed by atoms with E-state index in [1.54, 1.807) is 6.92 Å². The Balaban J connectivity index is 1.57. The normalized spacial score (nSPS) is 30.9. The lowest BCUT2D eigenvalue weighted by molar-refractivity contribution is -0.138. The minimum atomic E-state index is -0.117. The molecule has 3 rings (SSSR count). The van der Waals surface area contributed by atoms with Crippen molar-refractivity contribution in [3.8, 4) is 12.1 Å². The number of nitrogens with zero attached hydrogens (tertiary/aromatic N) is 2. The van der Waals surface area contributed by atoms with Crippen molar-refractivity contribution >= 4 is 5.91 Å². The second-order valence-electron chi connectivity index (χ2n) is 8.46. The van der Waals surface area contributed by atoms with Crippen LogP contribution in [-0.2, 0) is 14.3 Å². The van der Waals surface area contributed by atoms with Crippen molar-refractivity contribution in [3.63, 3.8) is 0 Å². The van der Waals surface area contributed by atoms with Gasteiger partial charge in [0.05, 0.1) is 18.3 Å². The van der Waals surface area contributed by atoms with Crippen molar-refractivity contribution in [1.29, 1.82) is 10.5 Å². The van der Waals surface area contributed by atoms with Gasteiger partial charge in [-0.15, -0.1) is 0 Å². The average molecular weight is 398 g/mol. The third-order valence-corrected chi connectivity index (χ3v) is 6.45. The molecule has 0 spiro atoms. The molecule has 1 saturated heterocycles. The van der Waals surface area contributed by atoms with Crippen LogP contribution in [0.5, 0.6) is 0 Å². The molecule has 29 heavy (non-hydrogen) atoms. The van der Waals surface area contributed by atoms with Crippen LogP contribution >= 0.6 is 0 Å². The topological polar surface area (TPSA) is 95.1 Å². The molecule has 2 saturated carbocycles. The predicted octanol–water partition coefficient (Wildman–Crippen LogP) is 3.56. The predicted molar refractivity (Wildman–Crippen MR) is 108 cm³/mol. The van der Waals surface area contributed by atoms with Gasteiger partial charge in [0.25, 0.3) is 0 Å². The number of hydrogen-bond donors (Lipinski definition) is 1. The first-order valence-corrected chi connectivity index (χ1v) is 10.8. The molecule has 2 aliphatic carbocycles. The van der Waals surface area contributed by atoms with Crippen LogP contribution in [0.15, 0.2) is 23.3 Å². The molecular weight excluding hydrogens is 366 g/mol. The van der Waals surface area contributed by atoms with Crippen LogP contribution < -0.4 is 5.32 Å². The van der Waals surface area contributed by atoms with Gasteiger partial charge >= 0.3 is 0 Å². The Labute approximate surface area is 173 Å². The van der Waals surface area contributed by atoms with Gasteiger partial charge in [0, 0.05) is 37.0 Å². The lowest BCUT2D eigenvalue weighted by Crippen LogP contribution is -2.48. The fourth-order valence-corrected chi connectivity index (χ4v) is 5.06. The molecule has 0 aromatic rings. The van der Waals surface area contributed by atoms with Crippen LogP contribution in [0.25, 0.3) is 0 Å². The third kappa shape index (κ3) is 5.07. The monoisotopic (exact) mass is 397 g/mol. The number of hydrogen-bond acceptors (Lipinski definition) is 5. The van der Waals surface area contributed by atoms with Crippen LogP contribution in [0.4, 0.5) is 0 Å². The van der Waals surface area contributed by atoms with Gasteiger partial charge in [0.1, 0.15) is 17.7 Å². The molecule has 3 aliphatic rings. The molecule has 0 aromatic heterocycles. The van der Waals surface area contributed by atoms with Gasteiger partial charge in [-0.2, -0.15) is 10.5 Å². The third-order valence-electron chi connectivity index (χ3n) is 6.45. The lowest BCUT2D eigenvalue weighted by Gasteiger charge is -2.49. The summed E-state index contributed by atoms with van der Waals surface area (Å²) in [6.45, 7) is 6.48. The second-order valence-corrected chi connectivity index (χ2v) is 8.46. The summed E-state index contributed by atoms with van der Waals surface area (Å²) >= 11 is 0. The van der Waals surface area contributed by atoms with Gasteiger partial charge in [-0.25, -0.2) is 0 Å². The fraction of sp³-hybridized carbons (Fsp3) is 0.696. The lowest BCUT2D eigenvalue weighted by atomic mass is 9.67. The summed E-state index contributed by atoms with van der Waals surface area (Å²) in [5.74, 6) is 0.278. The molecule has 1 N–H and O–H groups in total. The molecule has 1 amide bonds. The van der Waals surface area contributed by atoms with Crippen LogP contribution in [-0.4, -0.2) is 37.4 Å². The van der Waals surface area contributed by atoms with Crippen molar-refractivity contribution in [2.75, 3.05) is 13.2 Å². The van der Waals surface area contributed by atoms with E-state index in [0.29, 0.717) is 24.3 Å². The number of carbonyl (C=O) groups is 1. The van der Waals surface area contributed by atoms with E-state index in [-0.39, 0.29) is 36.1 Å². The molecule has 6 nitrogen and oxygen atoms in total. The molecular formula is C23H31N3O3. The van der Waals surface area contributed by atoms with E-state index in [2.05, 4.69) is 24.0 Å². The van der Waals surface area contributed by atoms with Gasteiger partial charge in [-0.1, -0.05) is 19.4 Å². The van der Waals surface area contributed by atoms with Gasteiger partial charge in [0.2, 0.25) is 5.91 Å². The number of carbonyl (C=O) groups excluding carboxylic acids is 1. The second kappa shape index (κ2) is 10.1. The first kappa shape index (κ1) is 21.6. The van der Waals surface area contributed by atoms with E-state index >= 15 is 0 Å². The maximum atomic E-state index is 11.5. The largest absolute Gasteiger partial charge is 0.378 e. The molecule has 0 radical (unpaired) electrons. The molecule has 0 aromatic carbocycles. The molecule has 5 atom stereocenters. The van der Waals surface area contributed by atoms with Crippen molar-refractivity contribution in [2.45, 2.75) is 76.6 Å². The highest BCUT2D eigenvalue weighted by atomic mass is 16.5. The first-order valence-electron chi connectivity index (χ1n) is 10.8. The van der Waals surface area contributed by atoms with Crippen LogP contribution in [0, 0.1) is 34.5 Å². The molecule has 0 bridgehead atoms. The summed E-state index contributed by atoms with van der Waals surface area (Å²) in [7, 11) is 0. The Morgan fingerprint density at radius 1 is 1.17 bits per heavy atom. The highest BCUT2D eigenvalue weighted by Gasteiger charge is 2.46. The van der Waals surface area contributed by atoms with E-state index in [1.165, 1.54) is 0 Å². The van der Waals surface area contributed by atoms with Crippen LogP contribution in [0.1, 0.15) is 58.3 Å². The van der Waals surface area contributed by atoms with E-state index in [0.717, 1.165) is 56.9 Å². The van der Waals surface area contributed by atoms with E-state index in [1.807, 2.05) is 0 Å². The van der Waals surface area contributed by atoms with E-state index in [9.17, 15) is 15.3 Å². The molecule has 6 heteroatoms. The zero-order valence-corrected chi connectivity index (χ0v) is 17.3. The fourth-order valence-electron chi connectivity index (χ4n) is 5.06. The summed E-state index contributed by atoms with van der Waals surface area (Å²) in [6.07, 6.45) is 7.98. The maximum absolute atomic E-state index is 11.5. The molecule has 3 fully saturated rings. The average Bonchev–Trinajstić information content (AvgIpc) is 2.73. The van der Waals surface area contributed by atoms with Crippen molar-refractivity contribution in [3.05, 3.63) is 23.3 Å². The highest BCUT2D eigenvalue weighted by molar-refractivity contribution is 5.91.